The third-order valence-electron chi connectivity index (χ3n) is 4.87. The first-order chi connectivity index (χ1) is 13.6. The van der Waals surface area contributed by atoms with Gasteiger partial charge in [-0.25, -0.2) is 4.39 Å². The minimum atomic E-state index is -0.386. The van der Waals surface area contributed by atoms with Gasteiger partial charge in [0.15, 0.2) is 11.2 Å². The van der Waals surface area contributed by atoms with Crippen molar-refractivity contribution in [1.29, 1.82) is 0 Å². The van der Waals surface area contributed by atoms with Gasteiger partial charge in [0.2, 0.25) is 0 Å². The van der Waals surface area contributed by atoms with E-state index in [9.17, 15) is 14.0 Å². The van der Waals surface area contributed by atoms with Gasteiger partial charge in [-0.1, -0.05) is 24.3 Å². The van der Waals surface area contributed by atoms with E-state index in [1.165, 1.54) is 18.2 Å². The van der Waals surface area contributed by atoms with Crippen molar-refractivity contribution in [3.05, 3.63) is 82.0 Å². The van der Waals surface area contributed by atoms with E-state index in [4.69, 9.17) is 9.15 Å². The average molecular weight is 381 g/mol. The fourth-order valence-electron chi connectivity index (χ4n) is 3.43. The third-order valence-corrected chi connectivity index (χ3v) is 4.87. The molecule has 6 heteroatoms. The first-order valence-electron chi connectivity index (χ1n) is 9.28. The molecule has 1 unspecified atom stereocenters. The number of hydrogen-bond donors (Lipinski definition) is 0. The van der Waals surface area contributed by atoms with Crippen molar-refractivity contribution in [2.24, 2.45) is 0 Å². The predicted molar refractivity (Wildman–Crippen MR) is 103 cm³/mol. The van der Waals surface area contributed by atoms with Gasteiger partial charge in [0, 0.05) is 25.8 Å². The Kier molecular flexibility index (Phi) is 5.21. The molecule has 144 valence electrons. The van der Waals surface area contributed by atoms with Crippen molar-refractivity contribution >= 4 is 16.9 Å². The Morgan fingerprint density at radius 2 is 1.93 bits per heavy atom. The first kappa shape index (κ1) is 18.4. The standard InChI is InChI=1S/C22H20FNO4/c23-16-9-7-15(8-10-16)13-24(14-17-4-3-11-27-17)22(26)21-12-19(25)18-5-1-2-6-20(18)28-21/h1-2,5-10,12,17H,3-4,11,13-14H2. The van der Waals surface area contributed by atoms with Crippen molar-refractivity contribution < 1.29 is 18.3 Å². The Labute approximate surface area is 161 Å². The molecule has 1 aliphatic heterocycles. The number of fused-ring (bicyclic) bond motifs is 1. The predicted octanol–water partition coefficient (Wildman–Crippen LogP) is 3.75. The summed E-state index contributed by atoms with van der Waals surface area (Å²) in [4.78, 5) is 27.1. The molecule has 0 bridgehead atoms. The maximum absolute atomic E-state index is 13.2. The van der Waals surface area contributed by atoms with Gasteiger partial charge in [0.05, 0.1) is 11.5 Å². The van der Waals surface area contributed by atoms with Crippen LogP contribution in [0.1, 0.15) is 29.0 Å². The molecule has 1 amide bonds. The number of para-hydroxylation sites is 1. The minimum absolute atomic E-state index is 0.0104. The Morgan fingerprint density at radius 1 is 1.14 bits per heavy atom. The molecule has 0 spiro atoms. The minimum Gasteiger partial charge on any atom is -0.451 e. The van der Waals surface area contributed by atoms with Crippen molar-refractivity contribution in [2.75, 3.05) is 13.2 Å². The maximum Gasteiger partial charge on any atom is 0.290 e. The molecule has 5 nitrogen and oxygen atoms in total. The third kappa shape index (κ3) is 3.97. The molecular formula is C22H20FNO4. The summed E-state index contributed by atoms with van der Waals surface area (Å²) >= 11 is 0. The molecule has 4 rings (SSSR count). The molecule has 1 fully saturated rings. The highest BCUT2D eigenvalue weighted by atomic mass is 19.1. The molecule has 0 radical (unpaired) electrons. The molecule has 0 saturated carbocycles. The Balaban J connectivity index is 1.65. The highest BCUT2D eigenvalue weighted by Gasteiger charge is 2.25. The molecule has 0 aliphatic carbocycles. The fraction of sp³-hybridized carbons (Fsp3) is 0.273. The van der Waals surface area contributed by atoms with Crippen molar-refractivity contribution in [3.63, 3.8) is 0 Å². The lowest BCUT2D eigenvalue weighted by Gasteiger charge is -2.25. The van der Waals surface area contributed by atoms with Crippen LogP contribution in [0.2, 0.25) is 0 Å². The van der Waals surface area contributed by atoms with Crippen LogP contribution in [0.15, 0.2) is 63.8 Å². The van der Waals surface area contributed by atoms with Gasteiger partial charge in [0.1, 0.15) is 11.4 Å². The number of halogens is 1. The smallest absolute Gasteiger partial charge is 0.290 e. The topological polar surface area (TPSA) is 59.8 Å². The number of benzene rings is 2. The summed E-state index contributed by atoms with van der Waals surface area (Å²) in [5.41, 5.74) is 0.900. The van der Waals surface area contributed by atoms with E-state index in [-0.39, 0.29) is 35.6 Å². The molecule has 3 aromatic rings. The van der Waals surface area contributed by atoms with Crippen LogP contribution in [0, 0.1) is 5.82 Å². The summed E-state index contributed by atoms with van der Waals surface area (Å²) in [5, 5.41) is 0.434. The summed E-state index contributed by atoms with van der Waals surface area (Å²) < 4.78 is 24.6. The zero-order valence-corrected chi connectivity index (χ0v) is 15.3. The number of amides is 1. The van der Waals surface area contributed by atoms with Crippen LogP contribution < -0.4 is 5.43 Å². The van der Waals surface area contributed by atoms with Gasteiger partial charge in [-0.15, -0.1) is 0 Å². The molecule has 2 heterocycles. The molecule has 1 saturated heterocycles. The van der Waals surface area contributed by atoms with Crippen molar-refractivity contribution in [2.45, 2.75) is 25.5 Å². The fourth-order valence-corrected chi connectivity index (χ4v) is 3.43. The largest absolute Gasteiger partial charge is 0.451 e. The quantitative estimate of drug-likeness (QED) is 0.675. The molecule has 0 N–H and O–H groups in total. The summed E-state index contributed by atoms with van der Waals surface area (Å²) in [6.45, 7) is 1.33. The van der Waals surface area contributed by atoms with Gasteiger partial charge in [-0.05, 0) is 42.7 Å². The monoisotopic (exact) mass is 381 g/mol. The lowest BCUT2D eigenvalue weighted by Crippen LogP contribution is -2.37. The highest BCUT2D eigenvalue weighted by Crippen LogP contribution is 2.19. The van der Waals surface area contributed by atoms with Gasteiger partial charge in [-0.3, -0.25) is 9.59 Å². The van der Waals surface area contributed by atoms with Crippen LogP contribution in [-0.2, 0) is 11.3 Å². The van der Waals surface area contributed by atoms with E-state index in [1.807, 2.05) is 0 Å². The van der Waals surface area contributed by atoms with Crippen molar-refractivity contribution in [1.82, 2.24) is 4.90 Å². The first-order valence-corrected chi connectivity index (χ1v) is 9.28. The van der Waals surface area contributed by atoms with E-state index in [1.54, 1.807) is 41.3 Å². The van der Waals surface area contributed by atoms with Crippen LogP contribution in [0.5, 0.6) is 0 Å². The summed E-state index contributed by atoms with van der Waals surface area (Å²) in [6.07, 6.45) is 1.76. The number of hydrogen-bond acceptors (Lipinski definition) is 4. The van der Waals surface area contributed by atoms with Gasteiger partial charge in [0.25, 0.3) is 5.91 Å². The molecule has 2 aromatic carbocycles. The second-order valence-electron chi connectivity index (χ2n) is 6.92. The van der Waals surface area contributed by atoms with Gasteiger partial charge in [-0.2, -0.15) is 0 Å². The van der Waals surface area contributed by atoms with E-state index >= 15 is 0 Å². The van der Waals surface area contributed by atoms with E-state index in [0.717, 1.165) is 18.4 Å². The van der Waals surface area contributed by atoms with E-state index < -0.39 is 0 Å². The van der Waals surface area contributed by atoms with Gasteiger partial charge >= 0.3 is 0 Å². The zero-order valence-electron chi connectivity index (χ0n) is 15.3. The van der Waals surface area contributed by atoms with Crippen LogP contribution in [0.3, 0.4) is 0 Å². The summed E-state index contributed by atoms with van der Waals surface area (Å²) in [7, 11) is 0. The molecule has 28 heavy (non-hydrogen) atoms. The Morgan fingerprint density at radius 3 is 2.68 bits per heavy atom. The average Bonchev–Trinajstić information content (AvgIpc) is 3.22. The SMILES string of the molecule is O=C(c1cc(=O)c2ccccc2o1)N(Cc1ccc(F)cc1)CC1CCCO1. The van der Waals surface area contributed by atoms with Crippen LogP contribution in [0.25, 0.3) is 11.0 Å². The van der Waals surface area contributed by atoms with Crippen molar-refractivity contribution in [3.8, 4) is 0 Å². The molecule has 1 aliphatic rings. The second-order valence-corrected chi connectivity index (χ2v) is 6.92. The highest BCUT2D eigenvalue weighted by molar-refractivity contribution is 5.93. The number of carbonyl (C=O) groups excluding carboxylic acids is 1. The Hall–Kier alpha value is -2.99. The molecular weight excluding hydrogens is 361 g/mol. The number of ether oxygens (including phenoxy) is 1. The van der Waals surface area contributed by atoms with Crippen LogP contribution in [-0.4, -0.2) is 30.1 Å². The number of rotatable bonds is 5. The number of nitrogens with zero attached hydrogens (tertiary/aromatic N) is 1. The summed E-state index contributed by atoms with van der Waals surface area (Å²) in [6, 6.07) is 14.1. The lowest BCUT2D eigenvalue weighted by molar-refractivity contribution is 0.0484. The normalized spacial score (nSPS) is 16.4. The van der Waals surface area contributed by atoms with Crippen LogP contribution in [0.4, 0.5) is 4.39 Å². The molecule has 1 aromatic heterocycles. The molecule has 1 atom stereocenters. The van der Waals surface area contributed by atoms with E-state index in [0.29, 0.717) is 24.1 Å². The lowest BCUT2D eigenvalue weighted by atomic mass is 10.1. The zero-order chi connectivity index (χ0) is 19.5. The van der Waals surface area contributed by atoms with Crippen LogP contribution >= 0.6 is 0 Å². The van der Waals surface area contributed by atoms with E-state index in [2.05, 4.69) is 0 Å². The Bertz CT molecular complexity index is 1040. The second kappa shape index (κ2) is 7.94. The summed E-state index contributed by atoms with van der Waals surface area (Å²) in [5.74, 6) is -0.729. The number of carbonyl (C=O) groups is 1. The maximum atomic E-state index is 13.2. The van der Waals surface area contributed by atoms with Gasteiger partial charge < -0.3 is 14.1 Å².